The van der Waals surface area contributed by atoms with E-state index in [1.165, 1.54) is 0 Å². The van der Waals surface area contributed by atoms with Crippen molar-refractivity contribution in [2.24, 2.45) is 10.2 Å². The van der Waals surface area contributed by atoms with E-state index in [-0.39, 0.29) is 17.5 Å². The third kappa shape index (κ3) is 6.23. The molecule has 1 unspecified atom stereocenters. The van der Waals surface area contributed by atoms with Gasteiger partial charge < -0.3 is 15.2 Å². The summed E-state index contributed by atoms with van der Waals surface area (Å²) in [5.74, 6) is -0.662. The molecule has 1 aliphatic rings. The fraction of sp³-hybridized carbons (Fsp3) is 0.375. The second kappa shape index (κ2) is 10.3. The number of thioether (sulfide) groups is 1. The Morgan fingerprint density at radius 2 is 2.31 bits per heavy atom. The Morgan fingerprint density at radius 3 is 3.00 bits per heavy atom. The number of hydrogen-bond donors (Lipinski definition) is 2. The van der Waals surface area contributed by atoms with Crippen LogP contribution in [-0.2, 0) is 9.59 Å². The molecule has 10 heteroatoms. The van der Waals surface area contributed by atoms with Crippen molar-refractivity contribution in [3.05, 3.63) is 25.7 Å². The van der Waals surface area contributed by atoms with Crippen molar-refractivity contribution in [3.63, 3.8) is 0 Å². The van der Waals surface area contributed by atoms with Crippen LogP contribution in [0.1, 0.15) is 31.7 Å². The van der Waals surface area contributed by atoms with E-state index in [9.17, 15) is 9.59 Å². The Hall–Kier alpha value is -1.14. The van der Waals surface area contributed by atoms with Crippen LogP contribution < -0.4 is 10.1 Å². The molecule has 1 heterocycles. The molecule has 1 aromatic carbocycles. The maximum absolute atomic E-state index is 11.7. The molecule has 1 aliphatic heterocycles. The van der Waals surface area contributed by atoms with Crippen LogP contribution in [0.5, 0.6) is 5.75 Å². The molecule has 0 bridgehead atoms. The van der Waals surface area contributed by atoms with Crippen molar-refractivity contribution in [2.75, 3.05) is 6.61 Å². The number of carboxylic acids is 1. The number of hydrogen-bond acceptors (Lipinski definition) is 6. The number of amidine groups is 1. The second-order valence-corrected chi connectivity index (χ2v) is 8.62. The predicted molar refractivity (Wildman–Crippen MR) is 114 cm³/mol. The highest BCUT2D eigenvalue weighted by Gasteiger charge is 2.32. The van der Waals surface area contributed by atoms with Crippen LogP contribution >= 0.6 is 50.3 Å². The van der Waals surface area contributed by atoms with Gasteiger partial charge >= 0.3 is 5.97 Å². The molecular formula is C16H17BrIN3O4S. The number of halogens is 2. The number of aliphatic carboxylic acids is 1. The monoisotopic (exact) mass is 553 g/mol. The zero-order valence-corrected chi connectivity index (χ0v) is 18.4. The molecule has 1 saturated heterocycles. The summed E-state index contributed by atoms with van der Waals surface area (Å²) >= 11 is 6.71. The van der Waals surface area contributed by atoms with E-state index in [1.807, 2.05) is 12.1 Å². The average molecular weight is 554 g/mol. The highest BCUT2D eigenvalue weighted by molar-refractivity contribution is 14.1. The van der Waals surface area contributed by atoms with E-state index in [2.05, 4.69) is 61.0 Å². The van der Waals surface area contributed by atoms with Gasteiger partial charge in [0.25, 0.3) is 0 Å². The van der Waals surface area contributed by atoms with Crippen LogP contribution in [0.15, 0.2) is 26.8 Å². The third-order valence-corrected chi connectivity index (χ3v) is 5.59. The Balaban J connectivity index is 2.12. The molecule has 140 valence electrons. The maximum atomic E-state index is 11.7. The Bertz CT molecular complexity index is 757. The number of carbonyl (C=O) groups excluding carboxylic acids is 1. The minimum atomic E-state index is -1.03. The van der Waals surface area contributed by atoms with Crippen molar-refractivity contribution in [1.29, 1.82) is 0 Å². The largest absolute Gasteiger partial charge is 0.492 e. The van der Waals surface area contributed by atoms with Crippen molar-refractivity contribution in [3.8, 4) is 5.75 Å². The Labute approximate surface area is 177 Å². The molecule has 0 spiro atoms. The molecule has 2 rings (SSSR count). The van der Waals surface area contributed by atoms with Gasteiger partial charge in [-0.1, -0.05) is 41.0 Å². The van der Waals surface area contributed by atoms with Crippen LogP contribution in [0.25, 0.3) is 0 Å². The third-order valence-electron chi connectivity index (χ3n) is 3.26. The summed E-state index contributed by atoms with van der Waals surface area (Å²) in [6, 6.07) is 3.83. The van der Waals surface area contributed by atoms with E-state index in [0.29, 0.717) is 6.61 Å². The summed E-state index contributed by atoms with van der Waals surface area (Å²) in [5, 5.41) is 18.9. The molecule has 0 radical (unpaired) electrons. The first-order valence-electron chi connectivity index (χ1n) is 7.83. The van der Waals surface area contributed by atoms with E-state index < -0.39 is 11.2 Å². The van der Waals surface area contributed by atoms with Crippen LogP contribution in [-0.4, -0.2) is 40.2 Å². The molecule has 0 aromatic heterocycles. The van der Waals surface area contributed by atoms with Gasteiger partial charge in [-0.3, -0.25) is 9.59 Å². The smallest absolute Gasteiger partial charge is 0.305 e. The van der Waals surface area contributed by atoms with Gasteiger partial charge in [-0.15, -0.1) is 5.10 Å². The molecular weight excluding hydrogens is 537 g/mol. The normalized spacial score (nSPS) is 18.5. The van der Waals surface area contributed by atoms with Gasteiger partial charge in [0.2, 0.25) is 5.91 Å². The number of unbranched alkanes of at least 4 members (excludes halogenated alkanes) is 1. The second-order valence-electron chi connectivity index (χ2n) is 5.35. The lowest BCUT2D eigenvalue weighted by molar-refractivity contribution is -0.138. The lowest BCUT2D eigenvalue weighted by atomic mass is 10.2. The quantitative estimate of drug-likeness (QED) is 0.222. The summed E-state index contributed by atoms with van der Waals surface area (Å²) < 4.78 is 7.70. The van der Waals surface area contributed by atoms with Crippen LogP contribution in [0.4, 0.5) is 0 Å². The van der Waals surface area contributed by atoms with Gasteiger partial charge in [0, 0.05) is 10.0 Å². The molecule has 26 heavy (non-hydrogen) atoms. The number of nitrogens with zero attached hydrogens (tertiary/aromatic N) is 2. The first kappa shape index (κ1) is 21.2. The summed E-state index contributed by atoms with van der Waals surface area (Å²) in [7, 11) is 0. The highest BCUT2D eigenvalue weighted by Crippen LogP contribution is 2.29. The topological polar surface area (TPSA) is 100 Å². The Morgan fingerprint density at radius 1 is 1.54 bits per heavy atom. The van der Waals surface area contributed by atoms with Gasteiger partial charge in [-0.05, 0) is 41.1 Å². The summed E-state index contributed by atoms with van der Waals surface area (Å²) in [6.45, 7) is 2.71. The van der Waals surface area contributed by atoms with Gasteiger partial charge in [0.1, 0.15) is 11.0 Å². The molecule has 2 N–H and O–H groups in total. The molecule has 0 aliphatic carbocycles. The van der Waals surface area contributed by atoms with Crippen molar-refractivity contribution < 1.29 is 19.4 Å². The predicted octanol–water partition coefficient (Wildman–Crippen LogP) is 3.63. The molecule has 1 fully saturated rings. The number of amides is 1. The van der Waals surface area contributed by atoms with Gasteiger partial charge in [-0.2, -0.15) is 5.10 Å². The SMILES string of the molecule is CCCCOc1c(I)cc(Br)cc1C=NN=C1NC(=O)C(CC(=O)O)S1. The van der Waals surface area contributed by atoms with Crippen LogP contribution in [0.3, 0.4) is 0 Å². The summed E-state index contributed by atoms with van der Waals surface area (Å²) in [6.07, 6.45) is 3.30. The van der Waals surface area contributed by atoms with E-state index in [4.69, 9.17) is 9.84 Å². The molecule has 1 atom stereocenters. The highest BCUT2D eigenvalue weighted by atomic mass is 127. The molecule has 7 nitrogen and oxygen atoms in total. The number of ether oxygens (including phenoxy) is 1. The number of benzene rings is 1. The molecule has 0 saturated carbocycles. The number of carboxylic acid groups (broad SMARTS) is 1. The molecule has 1 aromatic rings. The summed E-state index contributed by atoms with van der Waals surface area (Å²) in [5.41, 5.74) is 0.764. The van der Waals surface area contributed by atoms with Gasteiger partial charge in [0.15, 0.2) is 5.17 Å². The number of nitrogens with one attached hydrogen (secondary N) is 1. The van der Waals surface area contributed by atoms with Crippen molar-refractivity contribution in [2.45, 2.75) is 31.4 Å². The minimum Gasteiger partial charge on any atom is -0.492 e. The van der Waals surface area contributed by atoms with E-state index in [1.54, 1.807) is 6.21 Å². The first-order valence-corrected chi connectivity index (χ1v) is 10.6. The van der Waals surface area contributed by atoms with Crippen LogP contribution in [0.2, 0.25) is 0 Å². The van der Waals surface area contributed by atoms with Gasteiger partial charge in [-0.25, -0.2) is 0 Å². The lowest BCUT2D eigenvalue weighted by Crippen LogP contribution is -2.26. The lowest BCUT2D eigenvalue weighted by Gasteiger charge is -2.11. The van der Waals surface area contributed by atoms with Crippen molar-refractivity contribution in [1.82, 2.24) is 5.32 Å². The number of carbonyl (C=O) groups is 2. The summed E-state index contributed by atoms with van der Waals surface area (Å²) in [4.78, 5) is 22.4. The number of rotatable bonds is 8. The zero-order valence-electron chi connectivity index (χ0n) is 13.9. The zero-order chi connectivity index (χ0) is 19.1. The van der Waals surface area contributed by atoms with Crippen LogP contribution in [0, 0.1) is 3.57 Å². The minimum absolute atomic E-state index is 0.252. The van der Waals surface area contributed by atoms with Gasteiger partial charge in [0.05, 0.1) is 22.8 Å². The van der Waals surface area contributed by atoms with E-state index >= 15 is 0 Å². The van der Waals surface area contributed by atoms with E-state index in [0.717, 1.165) is 44.0 Å². The first-order chi connectivity index (χ1) is 12.4. The Kier molecular flexibility index (Phi) is 8.35. The maximum Gasteiger partial charge on any atom is 0.305 e. The fourth-order valence-electron chi connectivity index (χ4n) is 2.04. The average Bonchev–Trinajstić information content (AvgIpc) is 2.89. The standard InChI is InChI=1S/C16H17BrIN3O4S/c1-2-3-4-25-14-9(5-10(17)6-11(14)18)8-19-21-16-20-15(24)12(26-16)7-13(22)23/h5-6,8,12H,2-4,7H2,1H3,(H,22,23)(H,20,21,24). The fourth-order valence-corrected chi connectivity index (χ4v) is 4.66. The van der Waals surface area contributed by atoms with Crippen molar-refractivity contribution >= 4 is 73.5 Å². The molecule has 1 amide bonds.